The normalized spacial score (nSPS) is 12.3. The summed E-state index contributed by atoms with van der Waals surface area (Å²) in [4.78, 5) is 6.98. The second-order valence-corrected chi connectivity index (χ2v) is 7.49. The van der Waals surface area contributed by atoms with Gasteiger partial charge in [0.25, 0.3) is 0 Å². The SMILES string of the molecule is CCN(CC)CCCn1c(-c2ccc(C)cc2C)nc2cc(C(F)(F)F)ccc21. The molecule has 3 aromatic rings. The summed E-state index contributed by atoms with van der Waals surface area (Å²) in [7, 11) is 0. The highest BCUT2D eigenvalue weighted by atomic mass is 19.4. The zero-order chi connectivity index (χ0) is 21.2. The van der Waals surface area contributed by atoms with Crippen LogP contribution in [0.2, 0.25) is 0 Å². The van der Waals surface area contributed by atoms with E-state index < -0.39 is 11.7 Å². The first-order valence-corrected chi connectivity index (χ1v) is 10.1. The lowest BCUT2D eigenvalue weighted by Gasteiger charge is -2.19. The van der Waals surface area contributed by atoms with Crippen LogP contribution < -0.4 is 0 Å². The number of alkyl halides is 3. The molecule has 0 unspecified atom stereocenters. The molecule has 0 aliphatic carbocycles. The van der Waals surface area contributed by atoms with Crippen molar-refractivity contribution in [3.05, 3.63) is 53.1 Å². The maximum absolute atomic E-state index is 13.2. The number of rotatable bonds is 7. The van der Waals surface area contributed by atoms with E-state index in [1.54, 1.807) is 6.07 Å². The maximum Gasteiger partial charge on any atom is 0.416 e. The van der Waals surface area contributed by atoms with Gasteiger partial charge in [-0.25, -0.2) is 4.98 Å². The molecular formula is C23H28F3N3. The van der Waals surface area contributed by atoms with Crippen LogP contribution in [0.5, 0.6) is 0 Å². The largest absolute Gasteiger partial charge is 0.416 e. The summed E-state index contributed by atoms with van der Waals surface area (Å²) in [5.74, 6) is 0.733. The first-order valence-electron chi connectivity index (χ1n) is 10.1. The molecule has 0 bridgehead atoms. The first kappa shape index (κ1) is 21.4. The van der Waals surface area contributed by atoms with Crippen LogP contribution in [-0.4, -0.2) is 34.1 Å². The molecule has 0 radical (unpaired) electrons. The third-order valence-electron chi connectivity index (χ3n) is 5.45. The van der Waals surface area contributed by atoms with Crippen molar-refractivity contribution in [3.63, 3.8) is 0 Å². The van der Waals surface area contributed by atoms with Crippen molar-refractivity contribution in [2.75, 3.05) is 19.6 Å². The van der Waals surface area contributed by atoms with Gasteiger partial charge in [-0.15, -0.1) is 0 Å². The average Bonchev–Trinajstić information content (AvgIpc) is 3.02. The molecule has 0 aliphatic rings. The lowest BCUT2D eigenvalue weighted by molar-refractivity contribution is -0.137. The van der Waals surface area contributed by atoms with Gasteiger partial charge in [0.2, 0.25) is 0 Å². The van der Waals surface area contributed by atoms with Gasteiger partial charge >= 0.3 is 6.18 Å². The fourth-order valence-electron chi connectivity index (χ4n) is 3.79. The van der Waals surface area contributed by atoms with Crippen molar-refractivity contribution in [2.24, 2.45) is 0 Å². The van der Waals surface area contributed by atoms with Gasteiger partial charge in [-0.2, -0.15) is 13.2 Å². The summed E-state index contributed by atoms with van der Waals surface area (Å²) in [5, 5.41) is 0. The summed E-state index contributed by atoms with van der Waals surface area (Å²) in [5.41, 5.74) is 3.65. The summed E-state index contributed by atoms with van der Waals surface area (Å²) < 4.78 is 41.6. The Morgan fingerprint density at radius 1 is 1.00 bits per heavy atom. The van der Waals surface area contributed by atoms with Crippen LogP contribution in [0.25, 0.3) is 22.4 Å². The van der Waals surface area contributed by atoms with Crippen molar-refractivity contribution in [1.82, 2.24) is 14.5 Å². The van der Waals surface area contributed by atoms with Crippen LogP contribution in [0.4, 0.5) is 13.2 Å². The summed E-state index contributed by atoms with van der Waals surface area (Å²) >= 11 is 0. The third kappa shape index (κ3) is 4.64. The maximum atomic E-state index is 13.2. The van der Waals surface area contributed by atoms with E-state index in [2.05, 4.69) is 34.4 Å². The lowest BCUT2D eigenvalue weighted by atomic mass is 10.1. The quantitative estimate of drug-likeness (QED) is 0.477. The molecule has 2 aromatic carbocycles. The number of nitrogens with zero attached hydrogens (tertiary/aromatic N) is 3. The molecule has 0 fully saturated rings. The lowest BCUT2D eigenvalue weighted by Crippen LogP contribution is -2.24. The van der Waals surface area contributed by atoms with Crippen molar-refractivity contribution in [3.8, 4) is 11.4 Å². The van der Waals surface area contributed by atoms with E-state index in [0.29, 0.717) is 12.1 Å². The van der Waals surface area contributed by atoms with Gasteiger partial charge in [-0.3, -0.25) is 0 Å². The molecule has 1 aromatic heterocycles. The van der Waals surface area contributed by atoms with Gasteiger partial charge in [0.1, 0.15) is 5.82 Å². The third-order valence-corrected chi connectivity index (χ3v) is 5.45. The topological polar surface area (TPSA) is 21.1 Å². The number of aryl methyl sites for hydroxylation is 3. The Bertz CT molecular complexity index is 985. The highest BCUT2D eigenvalue weighted by Gasteiger charge is 2.31. The standard InChI is InChI=1S/C23H28F3N3/c1-5-28(6-2)12-7-13-29-21-11-9-18(23(24,25)26)15-20(21)27-22(29)19-10-8-16(3)14-17(19)4/h8-11,14-15H,5-7,12-13H2,1-4H3. The molecule has 0 atom stereocenters. The molecule has 0 N–H and O–H groups in total. The van der Waals surface area contributed by atoms with E-state index in [9.17, 15) is 13.2 Å². The first-order chi connectivity index (χ1) is 13.7. The highest BCUT2D eigenvalue weighted by molar-refractivity contribution is 5.82. The number of imidazole rings is 1. The molecule has 0 saturated carbocycles. The Kier molecular flexibility index (Phi) is 6.32. The molecule has 0 amide bonds. The van der Waals surface area contributed by atoms with Crippen LogP contribution in [0.15, 0.2) is 36.4 Å². The van der Waals surface area contributed by atoms with Crippen molar-refractivity contribution in [1.29, 1.82) is 0 Å². The summed E-state index contributed by atoms with van der Waals surface area (Å²) in [6.07, 6.45) is -3.47. The molecular weight excluding hydrogens is 375 g/mol. The Morgan fingerprint density at radius 2 is 1.72 bits per heavy atom. The molecule has 6 heteroatoms. The zero-order valence-electron chi connectivity index (χ0n) is 17.5. The Hall–Kier alpha value is -2.34. The summed E-state index contributed by atoms with van der Waals surface area (Å²) in [6, 6.07) is 9.96. The van der Waals surface area contributed by atoms with E-state index in [0.717, 1.165) is 66.2 Å². The molecule has 0 saturated heterocycles. The van der Waals surface area contributed by atoms with Gasteiger partial charge in [-0.1, -0.05) is 37.6 Å². The molecule has 3 nitrogen and oxygen atoms in total. The van der Waals surface area contributed by atoms with E-state index in [4.69, 9.17) is 0 Å². The molecule has 156 valence electrons. The van der Waals surface area contributed by atoms with E-state index >= 15 is 0 Å². The molecule has 0 aliphatic heterocycles. The number of halogens is 3. The van der Waals surface area contributed by atoms with Crippen molar-refractivity contribution < 1.29 is 13.2 Å². The average molecular weight is 403 g/mol. The van der Waals surface area contributed by atoms with Gasteiger partial charge in [0.05, 0.1) is 16.6 Å². The second kappa shape index (κ2) is 8.57. The molecule has 0 spiro atoms. The molecule has 1 heterocycles. The monoisotopic (exact) mass is 403 g/mol. The predicted octanol–water partition coefficient (Wildman–Crippen LogP) is 6.07. The van der Waals surface area contributed by atoms with Gasteiger partial charge in [0.15, 0.2) is 0 Å². The Balaban J connectivity index is 2.06. The van der Waals surface area contributed by atoms with Crippen LogP contribution >= 0.6 is 0 Å². The number of fused-ring (bicyclic) bond motifs is 1. The van der Waals surface area contributed by atoms with Gasteiger partial charge in [-0.05, 0) is 63.7 Å². The van der Waals surface area contributed by atoms with Gasteiger partial charge in [0, 0.05) is 12.1 Å². The van der Waals surface area contributed by atoms with E-state index in [1.807, 2.05) is 26.0 Å². The smallest absolute Gasteiger partial charge is 0.324 e. The number of hydrogen-bond donors (Lipinski definition) is 0. The molecule has 3 rings (SSSR count). The minimum absolute atomic E-state index is 0.387. The minimum atomic E-state index is -4.37. The van der Waals surface area contributed by atoms with Crippen LogP contribution in [-0.2, 0) is 12.7 Å². The Morgan fingerprint density at radius 3 is 2.34 bits per heavy atom. The summed E-state index contributed by atoms with van der Waals surface area (Å²) in [6.45, 7) is 11.9. The van der Waals surface area contributed by atoms with Crippen molar-refractivity contribution in [2.45, 2.75) is 46.8 Å². The highest BCUT2D eigenvalue weighted by Crippen LogP contribution is 2.34. The minimum Gasteiger partial charge on any atom is -0.324 e. The zero-order valence-corrected chi connectivity index (χ0v) is 17.5. The van der Waals surface area contributed by atoms with Crippen LogP contribution in [0.1, 0.15) is 37.0 Å². The fourth-order valence-corrected chi connectivity index (χ4v) is 3.79. The fraction of sp³-hybridized carbons (Fsp3) is 0.435. The van der Waals surface area contributed by atoms with Crippen LogP contribution in [0, 0.1) is 13.8 Å². The predicted molar refractivity (Wildman–Crippen MR) is 112 cm³/mol. The second-order valence-electron chi connectivity index (χ2n) is 7.49. The number of hydrogen-bond acceptors (Lipinski definition) is 2. The number of benzene rings is 2. The van der Waals surface area contributed by atoms with E-state index in [1.165, 1.54) is 0 Å². The molecule has 29 heavy (non-hydrogen) atoms. The number of aromatic nitrogens is 2. The van der Waals surface area contributed by atoms with Crippen LogP contribution in [0.3, 0.4) is 0 Å². The van der Waals surface area contributed by atoms with Crippen molar-refractivity contribution >= 4 is 11.0 Å². The Labute approximate surface area is 170 Å². The van der Waals surface area contributed by atoms with E-state index in [-0.39, 0.29) is 0 Å². The van der Waals surface area contributed by atoms with Gasteiger partial charge < -0.3 is 9.47 Å².